The molecule has 1 unspecified atom stereocenters. The minimum absolute atomic E-state index is 0.0375. The zero-order valence-corrected chi connectivity index (χ0v) is 9.52. The Morgan fingerprint density at radius 1 is 1.35 bits per heavy atom. The summed E-state index contributed by atoms with van der Waals surface area (Å²) in [4.78, 5) is 12.1. The van der Waals surface area contributed by atoms with E-state index in [4.69, 9.17) is 9.47 Å². The number of anilines is 1. The van der Waals surface area contributed by atoms with Crippen LogP contribution in [0.1, 0.15) is 17.9 Å². The fraction of sp³-hybridized carbons (Fsp3) is 0.462. The largest absolute Gasteiger partial charge is 0.457 e. The van der Waals surface area contributed by atoms with Crippen molar-refractivity contribution in [2.24, 2.45) is 0 Å². The van der Waals surface area contributed by atoms with E-state index in [-0.39, 0.29) is 18.0 Å². The molecule has 0 saturated carbocycles. The van der Waals surface area contributed by atoms with Crippen molar-refractivity contribution in [1.82, 2.24) is 0 Å². The molecule has 0 aliphatic carbocycles. The van der Waals surface area contributed by atoms with Gasteiger partial charge in [0.1, 0.15) is 6.10 Å². The Kier molecular flexibility index (Phi) is 2.73. The van der Waals surface area contributed by atoms with Crippen molar-refractivity contribution in [2.45, 2.75) is 18.4 Å². The molecule has 2 heterocycles. The van der Waals surface area contributed by atoms with Crippen LogP contribution in [0, 0.1) is 0 Å². The fourth-order valence-electron chi connectivity index (χ4n) is 2.24. The number of ether oxygens (including phenoxy) is 2. The number of rotatable bonds is 2. The van der Waals surface area contributed by atoms with Crippen LogP contribution >= 0.6 is 0 Å². The first kappa shape index (κ1) is 10.6. The molecule has 0 spiro atoms. The zero-order chi connectivity index (χ0) is 11.7. The van der Waals surface area contributed by atoms with Crippen molar-refractivity contribution in [1.29, 1.82) is 0 Å². The van der Waals surface area contributed by atoms with E-state index < -0.39 is 0 Å². The van der Waals surface area contributed by atoms with E-state index >= 15 is 0 Å². The van der Waals surface area contributed by atoms with Crippen LogP contribution in [-0.4, -0.2) is 31.8 Å². The molecule has 3 rings (SSSR count). The highest BCUT2D eigenvalue weighted by molar-refractivity contribution is 5.81. The molecular formula is C13H15NO3. The number of para-hydroxylation sites is 1. The number of fused-ring (bicyclic) bond motifs is 1. The van der Waals surface area contributed by atoms with Crippen LogP contribution in [-0.2, 0) is 14.3 Å². The molecule has 1 saturated heterocycles. The third kappa shape index (κ3) is 2.00. The zero-order valence-electron chi connectivity index (χ0n) is 9.52. The second-order valence-corrected chi connectivity index (χ2v) is 4.45. The van der Waals surface area contributed by atoms with Gasteiger partial charge in [-0.25, -0.2) is 0 Å². The predicted octanol–water partition coefficient (Wildman–Crippen LogP) is 1.53. The topological polar surface area (TPSA) is 47.6 Å². The van der Waals surface area contributed by atoms with Gasteiger partial charge < -0.3 is 14.8 Å². The number of hydrogen-bond donors (Lipinski definition) is 1. The number of nitrogens with one attached hydrogen (secondary N) is 1. The Labute approximate surface area is 99.9 Å². The number of hydrogen-bond acceptors (Lipinski definition) is 4. The maximum Gasteiger partial charge on any atom is 0.314 e. The summed E-state index contributed by atoms with van der Waals surface area (Å²) in [6.45, 7) is 1.90. The van der Waals surface area contributed by atoms with Crippen LogP contribution in [0.4, 0.5) is 5.69 Å². The van der Waals surface area contributed by atoms with Crippen molar-refractivity contribution < 1.29 is 14.3 Å². The second kappa shape index (κ2) is 4.37. The molecule has 0 bridgehead atoms. The number of carbonyl (C=O) groups is 1. The van der Waals surface area contributed by atoms with Crippen molar-refractivity contribution in [3.63, 3.8) is 0 Å². The van der Waals surface area contributed by atoms with E-state index in [2.05, 4.69) is 5.32 Å². The Bertz CT molecular complexity index is 428. The summed E-state index contributed by atoms with van der Waals surface area (Å²) in [7, 11) is 0. The molecule has 17 heavy (non-hydrogen) atoms. The minimum atomic E-state index is -0.131. The van der Waals surface area contributed by atoms with Crippen LogP contribution in [0.5, 0.6) is 0 Å². The van der Waals surface area contributed by atoms with Crippen LogP contribution < -0.4 is 5.32 Å². The molecule has 1 fully saturated rings. The maximum absolute atomic E-state index is 12.1. The lowest BCUT2D eigenvalue weighted by atomic mass is 9.91. The van der Waals surface area contributed by atoms with Crippen LogP contribution in [0.15, 0.2) is 24.3 Å². The fourth-order valence-corrected chi connectivity index (χ4v) is 2.24. The van der Waals surface area contributed by atoms with E-state index in [1.807, 2.05) is 24.3 Å². The van der Waals surface area contributed by atoms with Crippen molar-refractivity contribution in [3.05, 3.63) is 29.8 Å². The summed E-state index contributed by atoms with van der Waals surface area (Å²) < 4.78 is 10.4. The molecule has 0 radical (unpaired) electrons. The Hall–Kier alpha value is -1.55. The van der Waals surface area contributed by atoms with Gasteiger partial charge in [0.25, 0.3) is 0 Å². The maximum atomic E-state index is 12.1. The van der Waals surface area contributed by atoms with Gasteiger partial charge in [0.05, 0.1) is 19.1 Å². The summed E-state index contributed by atoms with van der Waals surface area (Å²) >= 11 is 0. The first-order valence-electron chi connectivity index (χ1n) is 5.95. The lowest BCUT2D eigenvalue weighted by molar-refractivity contribution is -0.174. The normalized spacial score (nSPS) is 23.2. The SMILES string of the molecule is O=C(OC1COC1)C1CCNc2ccccc21. The van der Waals surface area contributed by atoms with Gasteiger partial charge in [-0.2, -0.15) is 0 Å². The first-order valence-corrected chi connectivity index (χ1v) is 5.95. The molecule has 2 aliphatic heterocycles. The highest BCUT2D eigenvalue weighted by Crippen LogP contribution is 2.32. The van der Waals surface area contributed by atoms with E-state index in [0.29, 0.717) is 13.2 Å². The van der Waals surface area contributed by atoms with Crippen LogP contribution in [0.3, 0.4) is 0 Å². The second-order valence-electron chi connectivity index (χ2n) is 4.45. The monoisotopic (exact) mass is 233 g/mol. The summed E-state index contributed by atoms with van der Waals surface area (Å²) in [5, 5.41) is 3.30. The lowest BCUT2D eigenvalue weighted by Gasteiger charge is -2.30. The summed E-state index contributed by atoms with van der Waals surface area (Å²) in [6.07, 6.45) is 0.758. The highest BCUT2D eigenvalue weighted by Gasteiger charge is 2.31. The van der Waals surface area contributed by atoms with Crippen molar-refractivity contribution >= 4 is 11.7 Å². The van der Waals surface area contributed by atoms with E-state index in [1.165, 1.54) is 0 Å². The van der Waals surface area contributed by atoms with Gasteiger partial charge in [-0.1, -0.05) is 18.2 Å². The third-order valence-electron chi connectivity index (χ3n) is 3.26. The molecule has 1 N–H and O–H groups in total. The quantitative estimate of drug-likeness (QED) is 0.787. The van der Waals surface area contributed by atoms with E-state index in [0.717, 1.165) is 24.2 Å². The summed E-state index contributed by atoms with van der Waals surface area (Å²) in [6, 6.07) is 7.92. The average molecular weight is 233 g/mol. The van der Waals surface area contributed by atoms with Crippen molar-refractivity contribution in [3.8, 4) is 0 Å². The highest BCUT2D eigenvalue weighted by atomic mass is 16.6. The molecular weight excluding hydrogens is 218 g/mol. The van der Waals surface area contributed by atoms with Gasteiger partial charge in [-0.15, -0.1) is 0 Å². The van der Waals surface area contributed by atoms with E-state index in [9.17, 15) is 4.79 Å². The third-order valence-corrected chi connectivity index (χ3v) is 3.26. The van der Waals surface area contributed by atoms with Crippen LogP contribution in [0.25, 0.3) is 0 Å². The van der Waals surface area contributed by atoms with Gasteiger partial charge >= 0.3 is 5.97 Å². The molecule has 0 aromatic heterocycles. The average Bonchev–Trinajstić information content (AvgIpc) is 2.33. The first-order chi connectivity index (χ1) is 8.34. The van der Waals surface area contributed by atoms with Crippen molar-refractivity contribution in [2.75, 3.05) is 25.1 Å². The molecule has 4 heteroatoms. The number of carbonyl (C=O) groups excluding carboxylic acids is 1. The molecule has 1 atom stereocenters. The molecule has 90 valence electrons. The van der Waals surface area contributed by atoms with Gasteiger partial charge in [0, 0.05) is 12.2 Å². The van der Waals surface area contributed by atoms with Gasteiger partial charge in [0.15, 0.2) is 0 Å². The summed E-state index contributed by atoms with van der Waals surface area (Å²) in [5.41, 5.74) is 2.09. The molecule has 0 amide bonds. The minimum Gasteiger partial charge on any atom is -0.457 e. The van der Waals surface area contributed by atoms with E-state index in [1.54, 1.807) is 0 Å². The summed E-state index contributed by atoms with van der Waals surface area (Å²) in [5.74, 6) is -0.250. The van der Waals surface area contributed by atoms with Crippen LogP contribution in [0.2, 0.25) is 0 Å². The number of esters is 1. The standard InChI is InChI=1S/C13H15NO3/c15-13(17-9-7-16-8-9)11-5-6-14-12-4-2-1-3-10(11)12/h1-4,9,11,14H,5-8H2. The molecule has 1 aromatic carbocycles. The molecule has 1 aromatic rings. The number of benzene rings is 1. The Morgan fingerprint density at radius 2 is 2.18 bits per heavy atom. The van der Waals surface area contributed by atoms with Gasteiger partial charge in [0.2, 0.25) is 0 Å². The van der Waals surface area contributed by atoms with Gasteiger partial charge in [-0.3, -0.25) is 4.79 Å². The van der Waals surface area contributed by atoms with Gasteiger partial charge in [-0.05, 0) is 18.1 Å². The molecule has 2 aliphatic rings. The Morgan fingerprint density at radius 3 is 2.94 bits per heavy atom. The molecule has 4 nitrogen and oxygen atoms in total. The smallest absolute Gasteiger partial charge is 0.314 e. The predicted molar refractivity (Wildman–Crippen MR) is 63.0 cm³/mol. The Balaban J connectivity index is 1.77. The lowest BCUT2D eigenvalue weighted by Crippen LogP contribution is -2.39.